The van der Waals surface area contributed by atoms with Crippen LogP contribution in [-0.2, 0) is 0 Å². The third-order valence-electron chi connectivity index (χ3n) is 1.64. The van der Waals surface area contributed by atoms with E-state index in [1.807, 2.05) is 19.1 Å². The minimum atomic E-state index is -0.349. The van der Waals surface area contributed by atoms with Gasteiger partial charge in [-0.1, -0.05) is 23.8 Å². The van der Waals surface area contributed by atoms with Crippen molar-refractivity contribution in [3.05, 3.63) is 39.6 Å². The SMILES string of the molecule is C/C=C/CNc1c(Cl)cc(F)cc1Br. The fraction of sp³-hybridized carbons (Fsp3) is 0.200. The van der Waals surface area contributed by atoms with Crippen molar-refractivity contribution in [2.45, 2.75) is 6.92 Å². The van der Waals surface area contributed by atoms with Gasteiger partial charge in [-0.25, -0.2) is 4.39 Å². The molecular formula is C10H10BrClFN. The largest absolute Gasteiger partial charge is 0.379 e. The minimum absolute atomic E-state index is 0.349. The molecule has 0 aliphatic carbocycles. The Bertz CT molecular complexity index is 329. The Morgan fingerprint density at radius 3 is 2.86 bits per heavy atom. The summed E-state index contributed by atoms with van der Waals surface area (Å²) in [6.45, 7) is 2.60. The molecule has 1 N–H and O–H groups in total. The molecule has 0 aromatic heterocycles. The molecule has 1 aromatic carbocycles. The Balaban J connectivity index is 2.85. The van der Waals surface area contributed by atoms with Gasteiger partial charge in [-0.3, -0.25) is 0 Å². The first-order valence-corrected chi connectivity index (χ1v) is 5.32. The zero-order chi connectivity index (χ0) is 10.6. The zero-order valence-electron chi connectivity index (χ0n) is 7.65. The Morgan fingerprint density at radius 2 is 2.29 bits per heavy atom. The van der Waals surface area contributed by atoms with E-state index in [0.29, 0.717) is 21.7 Å². The van der Waals surface area contributed by atoms with Gasteiger partial charge < -0.3 is 5.32 Å². The smallest absolute Gasteiger partial charge is 0.125 e. The molecule has 14 heavy (non-hydrogen) atoms. The fourth-order valence-corrected chi connectivity index (χ4v) is 1.95. The average molecular weight is 279 g/mol. The minimum Gasteiger partial charge on any atom is -0.379 e. The van der Waals surface area contributed by atoms with Crippen LogP contribution < -0.4 is 5.32 Å². The van der Waals surface area contributed by atoms with Crippen molar-refractivity contribution >= 4 is 33.2 Å². The van der Waals surface area contributed by atoms with Crippen LogP contribution in [0.25, 0.3) is 0 Å². The number of rotatable bonds is 3. The summed E-state index contributed by atoms with van der Waals surface area (Å²) >= 11 is 9.10. The van der Waals surface area contributed by atoms with Gasteiger partial charge in [0.25, 0.3) is 0 Å². The van der Waals surface area contributed by atoms with Gasteiger partial charge in [0.1, 0.15) is 5.82 Å². The third-order valence-corrected chi connectivity index (χ3v) is 2.56. The molecule has 1 rings (SSSR count). The first kappa shape index (κ1) is 11.5. The maximum Gasteiger partial charge on any atom is 0.125 e. The van der Waals surface area contributed by atoms with E-state index in [9.17, 15) is 4.39 Å². The van der Waals surface area contributed by atoms with Crippen LogP contribution >= 0.6 is 27.5 Å². The van der Waals surface area contributed by atoms with E-state index in [-0.39, 0.29) is 5.82 Å². The molecule has 0 aliphatic heterocycles. The summed E-state index contributed by atoms with van der Waals surface area (Å²) in [5, 5.41) is 3.45. The lowest BCUT2D eigenvalue weighted by Crippen LogP contribution is -2.00. The van der Waals surface area contributed by atoms with E-state index in [2.05, 4.69) is 21.2 Å². The van der Waals surface area contributed by atoms with E-state index in [0.717, 1.165) is 0 Å². The lowest BCUT2D eigenvalue weighted by atomic mass is 10.3. The van der Waals surface area contributed by atoms with Crippen LogP contribution in [0.15, 0.2) is 28.8 Å². The molecule has 0 atom stereocenters. The first-order valence-electron chi connectivity index (χ1n) is 4.14. The van der Waals surface area contributed by atoms with Crippen molar-refractivity contribution in [1.82, 2.24) is 0 Å². The van der Waals surface area contributed by atoms with E-state index < -0.39 is 0 Å². The van der Waals surface area contributed by atoms with Crippen molar-refractivity contribution in [2.75, 3.05) is 11.9 Å². The van der Waals surface area contributed by atoms with Gasteiger partial charge >= 0.3 is 0 Å². The molecule has 0 saturated carbocycles. The molecule has 0 radical (unpaired) electrons. The van der Waals surface area contributed by atoms with Crippen molar-refractivity contribution in [3.63, 3.8) is 0 Å². The summed E-state index contributed by atoms with van der Waals surface area (Å²) in [5.74, 6) is -0.349. The summed E-state index contributed by atoms with van der Waals surface area (Å²) in [7, 11) is 0. The highest BCUT2D eigenvalue weighted by Gasteiger charge is 2.06. The second kappa shape index (κ2) is 5.37. The maximum atomic E-state index is 12.8. The number of nitrogens with one attached hydrogen (secondary N) is 1. The maximum absolute atomic E-state index is 12.8. The summed E-state index contributed by atoms with van der Waals surface area (Å²) in [6.07, 6.45) is 3.88. The Hall–Kier alpha value is -0.540. The number of benzene rings is 1. The molecule has 0 aliphatic rings. The number of halogens is 3. The predicted octanol–water partition coefficient (Wildman–Crippen LogP) is 4.23. The Morgan fingerprint density at radius 1 is 1.57 bits per heavy atom. The van der Waals surface area contributed by atoms with Crippen molar-refractivity contribution in [1.29, 1.82) is 0 Å². The first-order chi connectivity index (χ1) is 6.65. The predicted molar refractivity (Wildman–Crippen MR) is 62.4 cm³/mol. The molecule has 1 aromatic rings. The number of hydrogen-bond acceptors (Lipinski definition) is 1. The average Bonchev–Trinajstić information content (AvgIpc) is 2.09. The van der Waals surface area contributed by atoms with Crippen LogP contribution in [0, 0.1) is 5.82 Å². The van der Waals surface area contributed by atoms with Gasteiger partial charge in [0, 0.05) is 11.0 Å². The van der Waals surface area contributed by atoms with Gasteiger partial charge in [0.2, 0.25) is 0 Å². The monoisotopic (exact) mass is 277 g/mol. The highest BCUT2D eigenvalue weighted by Crippen LogP contribution is 2.31. The number of anilines is 1. The van der Waals surface area contributed by atoms with E-state index in [1.165, 1.54) is 12.1 Å². The van der Waals surface area contributed by atoms with Crippen LogP contribution in [0.2, 0.25) is 5.02 Å². The molecule has 0 spiro atoms. The standard InChI is InChI=1S/C10H10BrClFN/c1-2-3-4-14-10-8(11)5-7(13)6-9(10)12/h2-3,5-6,14H,4H2,1H3/b3-2+. The van der Waals surface area contributed by atoms with Gasteiger partial charge in [0.05, 0.1) is 10.7 Å². The molecule has 76 valence electrons. The van der Waals surface area contributed by atoms with Crippen LogP contribution in [-0.4, -0.2) is 6.54 Å². The summed E-state index contributed by atoms with van der Waals surface area (Å²) < 4.78 is 13.5. The van der Waals surface area contributed by atoms with Gasteiger partial charge in [-0.05, 0) is 35.0 Å². The second-order valence-corrected chi connectivity index (χ2v) is 3.96. The summed E-state index contributed by atoms with van der Waals surface area (Å²) in [4.78, 5) is 0. The third kappa shape index (κ3) is 3.00. The van der Waals surface area contributed by atoms with E-state index in [4.69, 9.17) is 11.6 Å². The Labute approximate surface area is 96.1 Å². The van der Waals surface area contributed by atoms with Crippen LogP contribution in [0.3, 0.4) is 0 Å². The number of hydrogen-bond donors (Lipinski definition) is 1. The summed E-state index contributed by atoms with van der Waals surface area (Å²) in [6, 6.07) is 2.66. The topological polar surface area (TPSA) is 12.0 Å². The number of allylic oxidation sites excluding steroid dienone is 1. The van der Waals surface area contributed by atoms with Crippen LogP contribution in [0.5, 0.6) is 0 Å². The second-order valence-electron chi connectivity index (χ2n) is 2.69. The van der Waals surface area contributed by atoms with Crippen molar-refractivity contribution in [2.24, 2.45) is 0 Å². The molecular weight excluding hydrogens is 268 g/mol. The highest BCUT2D eigenvalue weighted by molar-refractivity contribution is 9.10. The Kier molecular flexibility index (Phi) is 4.42. The summed E-state index contributed by atoms with van der Waals surface area (Å²) in [5.41, 5.74) is 0.714. The van der Waals surface area contributed by atoms with Crippen molar-refractivity contribution < 1.29 is 4.39 Å². The van der Waals surface area contributed by atoms with E-state index >= 15 is 0 Å². The van der Waals surface area contributed by atoms with Gasteiger partial charge in [-0.15, -0.1) is 0 Å². The molecule has 1 nitrogen and oxygen atoms in total. The molecule has 4 heteroatoms. The molecule has 0 unspecified atom stereocenters. The lowest BCUT2D eigenvalue weighted by Gasteiger charge is -2.08. The van der Waals surface area contributed by atoms with E-state index in [1.54, 1.807) is 0 Å². The van der Waals surface area contributed by atoms with Crippen LogP contribution in [0.1, 0.15) is 6.92 Å². The molecule has 0 heterocycles. The highest BCUT2D eigenvalue weighted by atomic mass is 79.9. The van der Waals surface area contributed by atoms with Crippen molar-refractivity contribution in [3.8, 4) is 0 Å². The quantitative estimate of drug-likeness (QED) is 0.816. The normalized spacial score (nSPS) is 10.9. The van der Waals surface area contributed by atoms with Gasteiger partial charge in [-0.2, -0.15) is 0 Å². The van der Waals surface area contributed by atoms with Gasteiger partial charge in [0.15, 0.2) is 0 Å². The lowest BCUT2D eigenvalue weighted by molar-refractivity contribution is 0.627. The van der Waals surface area contributed by atoms with Crippen LogP contribution in [0.4, 0.5) is 10.1 Å². The molecule has 0 saturated heterocycles. The molecule has 0 amide bonds. The zero-order valence-corrected chi connectivity index (χ0v) is 9.99. The molecule has 0 fully saturated rings. The molecule has 0 bridgehead atoms. The fourth-order valence-electron chi connectivity index (χ4n) is 0.990.